The molecule has 3 rings (SSSR count). The predicted octanol–water partition coefficient (Wildman–Crippen LogP) is -0.102. The Morgan fingerprint density at radius 2 is 1.49 bits per heavy atom. The van der Waals surface area contributed by atoms with E-state index >= 15 is 0 Å². The van der Waals surface area contributed by atoms with Gasteiger partial charge in [-0.2, -0.15) is 0 Å². The zero-order valence-corrected chi connectivity index (χ0v) is 22.9. The maximum absolute atomic E-state index is 13.6. The second kappa shape index (κ2) is 15.4. The van der Waals surface area contributed by atoms with Crippen LogP contribution in [0.3, 0.4) is 0 Å². The molecule has 1 aliphatic heterocycles. The van der Waals surface area contributed by atoms with Gasteiger partial charge in [0, 0.05) is 19.5 Å². The molecule has 0 radical (unpaired) electrons. The minimum atomic E-state index is -1.09. The molecule has 0 spiro atoms. The maximum atomic E-state index is 13.6. The molecule has 0 saturated carbocycles. The number of likely N-dealkylation sites (tertiary alicyclic amines) is 1. The fourth-order valence-electron chi connectivity index (χ4n) is 4.82. The van der Waals surface area contributed by atoms with Gasteiger partial charge in [0.2, 0.25) is 17.7 Å². The third-order valence-corrected chi connectivity index (χ3v) is 6.93. The Labute approximate surface area is 239 Å². The van der Waals surface area contributed by atoms with E-state index in [0.29, 0.717) is 19.3 Å². The highest BCUT2D eigenvalue weighted by molar-refractivity contribution is 5.94. The standard InChI is InChI=1S/C29H39N7O5/c30-21(17-19-9-3-1-4-10-19)25(37)35-23(18-20-11-5-2-6-12-20)26(38)34-22(13-7-15-33-29(31)32)27(39)36-16-8-14-24(36)28(40)41/h1-6,9-12,21-24H,7-8,13-18,30H2,(H,34,38)(H,35,37)(H,40,41)(H4,31,32,33). The van der Waals surface area contributed by atoms with Crippen LogP contribution in [-0.4, -0.2) is 76.9 Å². The number of nitrogens with two attached hydrogens (primary N) is 3. The van der Waals surface area contributed by atoms with Gasteiger partial charge >= 0.3 is 5.97 Å². The minimum absolute atomic E-state index is 0.0973. The molecule has 4 unspecified atom stereocenters. The molecular weight excluding hydrogens is 526 g/mol. The predicted molar refractivity (Wildman–Crippen MR) is 154 cm³/mol. The van der Waals surface area contributed by atoms with Gasteiger partial charge in [0.15, 0.2) is 5.96 Å². The SMILES string of the molecule is NC(N)=NCCCC(NC(=O)C(Cc1ccccc1)NC(=O)C(N)Cc1ccccc1)C(=O)N1CCCC1C(=O)O. The molecule has 0 aromatic heterocycles. The number of aliphatic carboxylic acids is 1. The van der Waals surface area contributed by atoms with E-state index in [1.807, 2.05) is 60.7 Å². The van der Waals surface area contributed by atoms with Crippen molar-refractivity contribution in [3.05, 3.63) is 71.8 Å². The van der Waals surface area contributed by atoms with Crippen LogP contribution >= 0.6 is 0 Å². The molecule has 9 N–H and O–H groups in total. The number of benzene rings is 2. The number of amides is 3. The van der Waals surface area contributed by atoms with Crippen molar-refractivity contribution < 1.29 is 24.3 Å². The first-order valence-corrected chi connectivity index (χ1v) is 13.7. The molecule has 2 aromatic carbocycles. The van der Waals surface area contributed by atoms with E-state index in [1.54, 1.807) is 0 Å². The number of guanidine groups is 1. The van der Waals surface area contributed by atoms with Crippen LogP contribution in [0.2, 0.25) is 0 Å². The number of rotatable bonds is 14. The summed E-state index contributed by atoms with van der Waals surface area (Å²) in [5.41, 5.74) is 18.7. The lowest BCUT2D eigenvalue weighted by Gasteiger charge is -2.29. The van der Waals surface area contributed by atoms with Gasteiger partial charge in [-0.3, -0.25) is 19.4 Å². The van der Waals surface area contributed by atoms with E-state index in [4.69, 9.17) is 17.2 Å². The Hall–Kier alpha value is -4.45. The monoisotopic (exact) mass is 565 g/mol. The first-order chi connectivity index (χ1) is 19.7. The van der Waals surface area contributed by atoms with Crippen LogP contribution in [0.5, 0.6) is 0 Å². The van der Waals surface area contributed by atoms with Gasteiger partial charge in [0.1, 0.15) is 18.1 Å². The van der Waals surface area contributed by atoms with Gasteiger partial charge in [0.25, 0.3) is 0 Å². The van der Waals surface area contributed by atoms with Crippen LogP contribution in [0.1, 0.15) is 36.8 Å². The lowest BCUT2D eigenvalue weighted by atomic mass is 10.0. The summed E-state index contributed by atoms with van der Waals surface area (Å²) in [5, 5.41) is 15.1. The number of carbonyl (C=O) groups excluding carboxylic acids is 3. The summed E-state index contributed by atoms with van der Waals surface area (Å²) in [7, 11) is 0. The Bertz CT molecular complexity index is 1200. The van der Waals surface area contributed by atoms with Gasteiger partial charge in [-0.1, -0.05) is 60.7 Å². The molecule has 41 heavy (non-hydrogen) atoms. The molecule has 220 valence electrons. The molecule has 4 atom stereocenters. The van der Waals surface area contributed by atoms with E-state index < -0.39 is 47.9 Å². The summed E-state index contributed by atoms with van der Waals surface area (Å²) in [5.74, 6) is -2.78. The zero-order chi connectivity index (χ0) is 29.8. The number of carboxylic acid groups (broad SMARTS) is 1. The van der Waals surface area contributed by atoms with Crippen molar-refractivity contribution in [2.75, 3.05) is 13.1 Å². The number of nitrogens with zero attached hydrogens (tertiary/aromatic N) is 2. The van der Waals surface area contributed by atoms with Gasteiger partial charge in [-0.05, 0) is 43.2 Å². The highest BCUT2D eigenvalue weighted by atomic mass is 16.4. The summed E-state index contributed by atoms with van der Waals surface area (Å²) in [6.45, 7) is 0.497. The van der Waals surface area contributed by atoms with Crippen LogP contribution in [-0.2, 0) is 32.0 Å². The minimum Gasteiger partial charge on any atom is -0.480 e. The normalized spacial score (nSPS) is 16.7. The molecule has 1 fully saturated rings. The molecule has 12 nitrogen and oxygen atoms in total. The lowest BCUT2D eigenvalue weighted by molar-refractivity contribution is -0.149. The summed E-state index contributed by atoms with van der Waals surface area (Å²) >= 11 is 0. The second-order valence-electron chi connectivity index (χ2n) is 10.1. The largest absolute Gasteiger partial charge is 0.480 e. The third-order valence-electron chi connectivity index (χ3n) is 6.93. The molecule has 1 aliphatic rings. The fraction of sp³-hybridized carbons (Fsp3) is 0.414. The average Bonchev–Trinajstić information content (AvgIpc) is 3.45. The first-order valence-electron chi connectivity index (χ1n) is 13.7. The number of nitrogens with one attached hydrogen (secondary N) is 2. The molecule has 3 amide bonds. The molecular formula is C29H39N7O5. The van der Waals surface area contributed by atoms with Gasteiger partial charge in [0.05, 0.1) is 6.04 Å². The van der Waals surface area contributed by atoms with Crippen LogP contribution in [0.4, 0.5) is 0 Å². The molecule has 1 heterocycles. The first kappa shape index (κ1) is 31.1. The fourth-order valence-corrected chi connectivity index (χ4v) is 4.82. The zero-order valence-electron chi connectivity index (χ0n) is 22.9. The smallest absolute Gasteiger partial charge is 0.326 e. The average molecular weight is 566 g/mol. The van der Waals surface area contributed by atoms with Crippen molar-refractivity contribution in [1.82, 2.24) is 15.5 Å². The van der Waals surface area contributed by atoms with Gasteiger partial charge in [-0.25, -0.2) is 4.79 Å². The van der Waals surface area contributed by atoms with Crippen molar-refractivity contribution in [2.45, 2.75) is 62.7 Å². The number of hydrogen-bond donors (Lipinski definition) is 6. The summed E-state index contributed by atoms with van der Waals surface area (Å²) < 4.78 is 0. The van der Waals surface area contributed by atoms with E-state index in [9.17, 15) is 24.3 Å². The van der Waals surface area contributed by atoms with Crippen molar-refractivity contribution in [1.29, 1.82) is 0 Å². The molecule has 0 aliphatic carbocycles. The summed E-state index contributed by atoms with van der Waals surface area (Å²) in [4.78, 5) is 57.2. The highest BCUT2D eigenvalue weighted by Crippen LogP contribution is 2.20. The van der Waals surface area contributed by atoms with Crippen LogP contribution in [0.15, 0.2) is 65.7 Å². The topological polar surface area (TPSA) is 206 Å². The van der Waals surface area contributed by atoms with Crippen molar-refractivity contribution >= 4 is 29.7 Å². The summed E-state index contributed by atoms with van der Waals surface area (Å²) in [6, 6.07) is 14.5. The van der Waals surface area contributed by atoms with E-state index in [2.05, 4.69) is 15.6 Å². The Kier molecular flexibility index (Phi) is 11.6. The van der Waals surface area contributed by atoms with Crippen LogP contribution in [0, 0.1) is 0 Å². The quantitative estimate of drug-likeness (QED) is 0.103. The van der Waals surface area contributed by atoms with Gasteiger partial charge < -0.3 is 37.8 Å². The molecule has 1 saturated heterocycles. The van der Waals surface area contributed by atoms with Crippen LogP contribution < -0.4 is 27.8 Å². The summed E-state index contributed by atoms with van der Waals surface area (Å²) in [6.07, 6.45) is 1.85. The maximum Gasteiger partial charge on any atom is 0.326 e. The molecule has 0 bridgehead atoms. The number of hydrogen-bond acceptors (Lipinski definition) is 6. The van der Waals surface area contributed by atoms with Crippen molar-refractivity contribution in [3.8, 4) is 0 Å². The Morgan fingerprint density at radius 3 is 2.07 bits per heavy atom. The molecule has 2 aromatic rings. The number of carbonyl (C=O) groups is 4. The van der Waals surface area contributed by atoms with E-state index in [0.717, 1.165) is 11.1 Å². The van der Waals surface area contributed by atoms with E-state index in [-0.39, 0.29) is 38.3 Å². The number of carboxylic acids is 1. The highest BCUT2D eigenvalue weighted by Gasteiger charge is 2.38. The lowest BCUT2D eigenvalue weighted by Crippen LogP contribution is -2.57. The Morgan fingerprint density at radius 1 is 0.902 bits per heavy atom. The van der Waals surface area contributed by atoms with E-state index in [1.165, 1.54) is 4.90 Å². The van der Waals surface area contributed by atoms with Crippen molar-refractivity contribution in [3.63, 3.8) is 0 Å². The second-order valence-corrected chi connectivity index (χ2v) is 10.1. The number of aliphatic imine (C=N–C) groups is 1. The van der Waals surface area contributed by atoms with Crippen LogP contribution in [0.25, 0.3) is 0 Å². The van der Waals surface area contributed by atoms with Crippen molar-refractivity contribution in [2.24, 2.45) is 22.2 Å². The Balaban J connectivity index is 1.78. The van der Waals surface area contributed by atoms with Gasteiger partial charge in [-0.15, -0.1) is 0 Å². The third kappa shape index (κ3) is 9.60. The molecule has 12 heteroatoms.